The minimum Gasteiger partial charge on any atom is -0.481 e. The summed E-state index contributed by atoms with van der Waals surface area (Å²) in [6, 6.07) is 0. The molecule has 2 nitrogen and oxygen atoms in total. The van der Waals surface area contributed by atoms with E-state index >= 15 is 0 Å². The van der Waals surface area contributed by atoms with Crippen LogP contribution < -0.4 is 0 Å². The summed E-state index contributed by atoms with van der Waals surface area (Å²) in [5, 5.41) is 7.42. The second-order valence-corrected chi connectivity index (χ2v) is 1.95. The highest BCUT2D eigenvalue weighted by Gasteiger charge is 1.71. The van der Waals surface area contributed by atoms with E-state index in [2.05, 4.69) is 13.5 Å². The minimum atomic E-state index is -0.833. The van der Waals surface area contributed by atoms with Crippen LogP contribution in [0.15, 0.2) is 12.7 Å². The van der Waals surface area contributed by atoms with Gasteiger partial charge in [-0.15, -0.1) is 6.58 Å². The number of hydrogen-bond donors (Lipinski definition) is 1. The Labute approximate surface area is 62.6 Å². The first-order chi connectivity index (χ1) is 4.65. The highest BCUT2D eigenvalue weighted by Crippen LogP contribution is 1.91. The zero-order valence-electron chi connectivity index (χ0n) is 6.76. The van der Waals surface area contributed by atoms with Gasteiger partial charge in [0.15, 0.2) is 0 Å². The number of aliphatic carboxylic acids is 1. The molecule has 0 atom stereocenters. The van der Waals surface area contributed by atoms with Crippen molar-refractivity contribution in [3.05, 3.63) is 12.7 Å². The van der Waals surface area contributed by atoms with E-state index in [9.17, 15) is 0 Å². The smallest absolute Gasteiger partial charge is 0.300 e. The van der Waals surface area contributed by atoms with Gasteiger partial charge < -0.3 is 5.11 Å². The molecule has 0 aliphatic heterocycles. The molecule has 0 radical (unpaired) electrons. The Morgan fingerprint density at radius 3 is 2.20 bits per heavy atom. The van der Waals surface area contributed by atoms with Gasteiger partial charge in [-0.05, 0) is 6.42 Å². The van der Waals surface area contributed by atoms with Crippen LogP contribution in [-0.2, 0) is 4.79 Å². The maximum Gasteiger partial charge on any atom is 0.300 e. The van der Waals surface area contributed by atoms with Crippen LogP contribution in [0.4, 0.5) is 0 Å². The van der Waals surface area contributed by atoms with E-state index in [1.165, 1.54) is 19.3 Å². The average Bonchev–Trinajstić information content (AvgIpc) is 1.82. The molecule has 0 saturated heterocycles. The lowest BCUT2D eigenvalue weighted by Crippen LogP contribution is -1.78. The second kappa shape index (κ2) is 11.1. The highest BCUT2D eigenvalue weighted by atomic mass is 16.4. The molecule has 0 aromatic rings. The maximum atomic E-state index is 9.00. The quantitative estimate of drug-likeness (QED) is 0.488. The Morgan fingerprint density at radius 1 is 1.70 bits per heavy atom. The van der Waals surface area contributed by atoms with E-state index < -0.39 is 5.97 Å². The molecule has 2 heteroatoms. The van der Waals surface area contributed by atoms with Crippen LogP contribution in [-0.4, -0.2) is 11.1 Å². The third-order valence-electron chi connectivity index (χ3n) is 0.762. The maximum absolute atomic E-state index is 9.00. The first kappa shape index (κ1) is 11.9. The average molecular weight is 144 g/mol. The van der Waals surface area contributed by atoms with Crippen LogP contribution in [0.1, 0.15) is 33.1 Å². The first-order valence-corrected chi connectivity index (χ1v) is 3.45. The van der Waals surface area contributed by atoms with Crippen LogP contribution in [0.25, 0.3) is 0 Å². The zero-order valence-corrected chi connectivity index (χ0v) is 6.76. The van der Waals surface area contributed by atoms with Gasteiger partial charge in [-0.1, -0.05) is 25.8 Å². The molecule has 0 fully saturated rings. The molecule has 0 spiro atoms. The lowest BCUT2D eigenvalue weighted by molar-refractivity contribution is -0.134. The van der Waals surface area contributed by atoms with Gasteiger partial charge >= 0.3 is 0 Å². The third-order valence-corrected chi connectivity index (χ3v) is 0.762. The predicted molar refractivity (Wildman–Crippen MR) is 43.0 cm³/mol. The summed E-state index contributed by atoms with van der Waals surface area (Å²) in [5.74, 6) is -0.833. The molecule has 0 rings (SSSR count). The van der Waals surface area contributed by atoms with Crippen molar-refractivity contribution in [1.82, 2.24) is 0 Å². The molecule has 0 aromatic carbocycles. The van der Waals surface area contributed by atoms with Gasteiger partial charge in [0.1, 0.15) is 0 Å². The Morgan fingerprint density at radius 2 is 2.10 bits per heavy atom. The monoisotopic (exact) mass is 144 g/mol. The molecule has 1 N–H and O–H groups in total. The largest absolute Gasteiger partial charge is 0.481 e. The lowest BCUT2D eigenvalue weighted by atomic mass is 10.3. The van der Waals surface area contributed by atoms with Crippen molar-refractivity contribution in [3.8, 4) is 0 Å². The molecule has 0 amide bonds. The summed E-state index contributed by atoms with van der Waals surface area (Å²) < 4.78 is 0. The fourth-order valence-corrected chi connectivity index (χ4v) is 0.348. The molecule has 0 aliphatic carbocycles. The summed E-state index contributed by atoms with van der Waals surface area (Å²) in [7, 11) is 0. The Kier molecular flexibility index (Phi) is 13.2. The SMILES string of the molecule is C=CCCCC.CC(=O)O. The van der Waals surface area contributed by atoms with Gasteiger partial charge in [0, 0.05) is 6.92 Å². The van der Waals surface area contributed by atoms with Gasteiger partial charge in [-0.25, -0.2) is 0 Å². The van der Waals surface area contributed by atoms with E-state index in [1.54, 1.807) is 0 Å². The van der Waals surface area contributed by atoms with Crippen molar-refractivity contribution in [1.29, 1.82) is 0 Å². The number of carboxylic acid groups (broad SMARTS) is 1. The molecular formula is C8H16O2. The van der Waals surface area contributed by atoms with Crippen molar-refractivity contribution >= 4 is 5.97 Å². The molecule has 0 aliphatic rings. The molecule has 10 heavy (non-hydrogen) atoms. The second-order valence-electron chi connectivity index (χ2n) is 1.95. The number of carboxylic acids is 1. The molecule has 0 bridgehead atoms. The number of carbonyl (C=O) groups is 1. The fourth-order valence-electron chi connectivity index (χ4n) is 0.348. The topological polar surface area (TPSA) is 37.3 Å². The van der Waals surface area contributed by atoms with E-state index in [1.807, 2.05) is 6.08 Å². The zero-order chi connectivity index (χ0) is 8.41. The summed E-state index contributed by atoms with van der Waals surface area (Å²) in [6.45, 7) is 6.87. The number of hydrogen-bond acceptors (Lipinski definition) is 1. The summed E-state index contributed by atoms with van der Waals surface area (Å²) in [4.78, 5) is 9.00. The van der Waals surface area contributed by atoms with Crippen molar-refractivity contribution < 1.29 is 9.90 Å². The summed E-state index contributed by atoms with van der Waals surface area (Å²) in [6.07, 6.45) is 5.72. The Bertz CT molecular complexity index is 83.3. The van der Waals surface area contributed by atoms with Crippen LogP contribution in [0.3, 0.4) is 0 Å². The van der Waals surface area contributed by atoms with Crippen LogP contribution in [0, 0.1) is 0 Å². The molecular weight excluding hydrogens is 128 g/mol. The van der Waals surface area contributed by atoms with Gasteiger partial charge in [0.2, 0.25) is 0 Å². The third kappa shape index (κ3) is 56.9. The van der Waals surface area contributed by atoms with Crippen LogP contribution >= 0.6 is 0 Å². The van der Waals surface area contributed by atoms with E-state index in [0.29, 0.717) is 0 Å². The lowest BCUT2D eigenvalue weighted by Gasteiger charge is -1.81. The molecule has 60 valence electrons. The van der Waals surface area contributed by atoms with Crippen molar-refractivity contribution in [2.75, 3.05) is 0 Å². The van der Waals surface area contributed by atoms with E-state index in [-0.39, 0.29) is 0 Å². The summed E-state index contributed by atoms with van der Waals surface area (Å²) >= 11 is 0. The Balaban J connectivity index is 0. The molecule has 0 heterocycles. The fraction of sp³-hybridized carbons (Fsp3) is 0.625. The van der Waals surface area contributed by atoms with Crippen molar-refractivity contribution in [3.63, 3.8) is 0 Å². The van der Waals surface area contributed by atoms with Crippen LogP contribution in [0.2, 0.25) is 0 Å². The standard InChI is InChI=1S/C6H12.C2H4O2/c1-3-5-6-4-2;1-2(3)4/h3H,1,4-6H2,2H3;1H3,(H,3,4). The molecule has 0 aromatic heterocycles. The van der Waals surface area contributed by atoms with Gasteiger partial charge in [-0.3, -0.25) is 4.79 Å². The predicted octanol–water partition coefficient (Wildman–Crippen LogP) is 2.45. The van der Waals surface area contributed by atoms with E-state index in [4.69, 9.17) is 9.90 Å². The van der Waals surface area contributed by atoms with Crippen molar-refractivity contribution in [2.24, 2.45) is 0 Å². The van der Waals surface area contributed by atoms with Gasteiger partial charge in [-0.2, -0.15) is 0 Å². The summed E-state index contributed by atoms with van der Waals surface area (Å²) in [5.41, 5.74) is 0. The van der Waals surface area contributed by atoms with Crippen LogP contribution in [0.5, 0.6) is 0 Å². The number of unbranched alkanes of at least 4 members (excludes halogenated alkanes) is 2. The number of allylic oxidation sites excluding steroid dienone is 1. The van der Waals surface area contributed by atoms with Gasteiger partial charge in [0.05, 0.1) is 0 Å². The molecule has 0 saturated carbocycles. The number of rotatable bonds is 3. The highest BCUT2D eigenvalue weighted by molar-refractivity contribution is 5.62. The normalized spacial score (nSPS) is 7.40. The van der Waals surface area contributed by atoms with Gasteiger partial charge in [0.25, 0.3) is 5.97 Å². The first-order valence-electron chi connectivity index (χ1n) is 3.45. The molecule has 0 unspecified atom stereocenters. The minimum absolute atomic E-state index is 0.833. The van der Waals surface area contributed by atoms with Crippen molar-refractivity contribution in [2.45, 2.75) is 33.1 Å². The van der Waals surface area contributed by atoms with E-state index in [0.717, 1.165) is 6.92 Å². The Hall–Kier alpha value is -0.790.